The molecule has 0 bridgehead atoms. The molecule has 1 atom stereocenters. The molecular weight excluding hydrogens is 909 g/mol. The molecule has 426 valence electrons. The molecule has 0 N–H and O–H groups in total. The number of unbranched alkanes of at least 4 members (excludes halogenated alkanes) is 31. The molecule has 0 spiro atoms. The lowest BCUT2D eigenvalue weighted by atomic mass is 10.1. The van der Waals surface area contributed by atoms with Gasteiger partial charge in [0.25, 0.3) is 0 Å². The van der Waals surface area contributed by atoms with Gasteiger partial charge in [0, 0.05) is 19.4 Å². The number of hydrogen-bond donors (Lipinski definition) is 0. The second-order valence-electron chi connectivity index (χ2n) is 21.0. The van der Waals surface area contributed by atoms with Gasteiger partial charge in [-0.25, -0.2) is 0 Å². The minimum Gasteiger partial charge on any atom is -0.462 e. The zero-order valence-corrected chi connectivity index (χ0v) is 49.1. The Labute approximate surface area is 460 Å². The van der Waals surface area contributed by atoms with Crippen molar-refractivity contribution < 1.29 is 23.8 Å². The Kier molecular flexibility index (Phi) is 61.4. The Morgan fingerprint density at radius 2 is 0.568 bits per heavy atom. The molecule has 0 aromatic carbocycles. The molecule has 5 nitrogen and oxygen atoms in total. The van der Waals surface area contributed by atoms with E-state index >= 15 is 0 Å². The molecule has 0 rings (SSSR count). The monoisotopic (exact) mass is 1030 g/mol. The van der Waals surface area contributed by atoms with Gasteiger partial charge in [-0.3, -0.25) is 9.59 Å². The van der Waals surface area contributed by atoms with Crippen molar-refractivity contribution in [3.05, 3.63) is 97.2 Å². The summed E-state index contributed by atoms with van der Waals surface area (Å²) in [6.07, 6.45) is 87.2. The van der Waals surface area contributed by atoms with Crippen LogP contribution in [0.5, 0.6) is 0 Å². The zero-order chi connectivity index (χ0) is 53.4. The number of carbonyl (C=O) groups is 2. The maximum atomic E-state index is 12.9. The minimum atomic E-state index is -0.557. The van der Waals surface area contributed by atoms with Crippen LogP contribution in [0.4, 0.5) is 0 Å². The van der Waals surface area contributed by atoms with Crippen LogP contribution in [0, 0.1) is 0 Å². The fourth-order valence-electron chi connectivity index (χ4n) is 8.79. The summed E-state index contributed by atoms with van der Waals surface area (Å²) in [6.45, 7) is 7.74. The van der Waals surface area contributed by atoms with E-state index in [-0.39, 0.29) is 25.2 Å². The van der Waals surface area contributed by atoms with E-state index in [1.54, 1.807) is 0 Å². The number of carbonyl (C=O) groups excluding carboxylic acids is 2. The molecule has 1 unspecified atom stereocenters. The van der Waals surface area contributed by atoms with Crippen molar-refractivity contribution in [1.82, 2.24) is 0 Å². The lowest BCUT2D eigenvalue weighted by Gasteiger charge is -2.18. The number of ether oxygens (including phenoxy) is 3. The summed E-state index contributed by atoms with van der Waals surface area (Å²) in [5, 5.41) is 0. The molecule has 0 saturated heterocycles. The third-order valence-corrected chi connectivity index (χ3v) is 13.6. The van der Waals surface area contributed by atoms with Crippen molar-refractivity contribution in [3.63, 3.8) is 0 Å². The topological polar surface area (TPSA) is 61.8 Å². The third kappa shape index (κ3) is 61.4. The van der Waals surface area contributed by atoms with Crippen LogP contribution in [0.15, 0.2) is 97.2 Å². The fraction of sp³-hybridized carbons (Fsp3) is 0.739. The second kappa shape index (κ2) is 64.1. The molecule has 0 aliphatic carbocycles. The molecule has 0 aromatic heterocycles. The summed E-state index contributed by atoms with van der Waals surface area (Å²) in [6, 6.07) is 0. The van der Waals surface area contributed by atoms with Crippen LogP contribution in [-0.4, -0.2) is 37.9 Å². The van der Waals surface area contributed by atoms with E-state index in [0.717, 1.165) is 89.9 Å². The Bertz CT molecular complexity index is 1400. The standard InChI is InChI=1S/C69H120O5/c1-4-7-10-13-16-19-22-25-28-31-34-37-40-43-46-49-52-55-58-61-64-72-65-67(74-69(71)63-60-57-54-51-48-45-42-39-36-33-30-27-24-21-18-15-12-9-6-3)66-73-68(70)62-59-56-53-50-47-44-41-38-35-32-29-26-23-20-17-14-11-8-5-2/h16-21,25-30,34-35,37-38,67H,4-15,22-24,31-33,36,39-66H2,1-3H3/b19-16-,20-17-,21-18-,28-25-,29-26-,30-27-,37-34-,38-35-. The third-order valence-electron chi connectivity index (χ3n) is 13.6. The smallest absolute Gasteiger partial charge is 0.306 e. The van der Waals surface area contributed by atoms with Crippen molar-refractivity contribution in [2.75, 3.05) is 19.8 Å². The maximum Gasteiger partial charge on any atom is 0.306 e. The van der Waals surface area contributed by atoms with E-state index in [1.807, 2.05) is 0 Å². The van der Waals surface area contributed by atoms with Gasteiger partial charge in [-0.2, -0.15) is 0 Å². The van der Waals surface area contributed by atoms with Crippen LogP contribution >= 0.6 is 0 Å². The molecule has 5 heteroatoms. The predicted octanol–water partition coefficient (Wildman–Crippen LogP) is 22.1. The van der Waals surface area contributed by atoms with Gasteiger partial charge >= 0.3 is 11.9 Å². The van der Waals surface area contributed by atoms with Gasteiger partial charge < -0.3 is 14.2 Å². The van der Waals surface area contributed by atoms with E-state index in [4.69, 9.17) is 14.2 Å². The number of hydrogen-bond acceptors (Lipinski definition) is 5. The van der Waals surface area contributed by atoms with Crippen molar-refractivity contribution in [2.45, 2.75) is 309 Å². The van der Waals surface area contributed by atoms with Crippen LogP contribution in [0.25, 0.3) is 0 Å². The zero-order valence-electron chi connectivity index (χ0n) is 49.1. The molecule has 0 saturated carbocycles. The summed E-state index contributed by atoms with van der Waals surface area (Å²) in [4.78, 5) is 25.6. The quantitative estimate of drug-likeness (QED) is 0.0345. The van der Waals surface area contributed by atoms with Crippen LogP contribution in [0.3, 0.4) is 0 Å². The van der Waals surface area contributed by atoms with Crippen molar-refractivity contribution >= 4 is 11.9 Å². The fourth-order valence-corrected chi connectivity index (χ4v) is 8.79. The molecule has 0 aliphatic heterocycles. The van der Waals surface area contributed by atoms with E-state index in [2.05, 4.69) is 118 Å². The van der Waals surface area contributed by atoms with Crippen molar-refractivity contribution in [1.29, 1.82) is 0 Å². The van der Waals surface area contributed by atoms with E-state index in [9.17, 15) is 9.59 Å². The maximum absolute atomic E-state index is 12.9. The average molecular weight is 1030 g/mol. The van der Waals surface area contributed by atoms with Gasteiger partial charge in [-0.1, -0.05) is 259 Å². The first kappa shape index (κ1) is 70.8. The molecule has 0 radical (unpaired) electrons. The predicted molar refractivity (Wildman–Crippen MR) is 325 cm³/mol. The number of rotatable bonds is 58. The van der Waals surface area contributed by atoms with E-state index < -0.39 is 6.10 Å². The van der Waals surface area contributed by atoms with E-state index in [1.165, 1.54) is 180 Å². The Hall–Kier alpha value is -3.18. The van der Waals surface area contributed by atoms with Crippen LogP contribution < -0.4 is 0 Å². The molecule has 0 aromatic rings. The lowest BCUT2D eigenvalue weighted by Crippen LogP contribution is -2.30. The first-order valence-corrected chi connectivity index (χ1v) is 31.8. The average Bonchev–Trinajstić information content (AvgIpc) is 3.40. The summed E-state index contributed by atoms with van der Waals surface area (Å²) < 4.78 is 17.5. The molecule has 0 fully saturated rings. The SMILES string of the molecule is CCCCC/C=C\C/C=C\C/C=C\CCCCCCCCCOCC(COC(=O)CCCCCCCC/C=C\C/C=C\C/C=C\CCCCC)OC(=O)CCCCCCCCCCC/C=C\C/C=C\CCCCC. The van der Waals surface area contributed by atoms with Crippen LogP contribution in [-0.2, 0) is 23.8 Å². The van der Waals surface area contributed by atoms with Crippen LogP contribution in [0.1, 0.15) is 303 Å². The van der Waals surface area contributed by atoms with Crippen molar-refractivity contribution in [3.8, 4) is 0 Å². The highest BCUT2D eigenvalue weighted by atomic mass is 16.6. The summed E-state index contributed by atoms with van der Waals surface area (Å²) >= 11 is 0. The highest BCUT2D eigenvalue weighted by Gasteiger charge is 2.17. The van der Waals surface area contributed by atoms with Gasteiger partial charge in [0.05, 0.1) is 6.61 Å². The number of allylic oxidation sites excluding steroid dienone is 16. The summed E-state index contributed by atoms with van der Waals surface area (Å²) in [5.74, 6) is -0.416. The Morgan fingerprint density at radius 3 is 0.905 bits per heavy atom. The van der Waals surface area contributed by atoms with Gasteiger partial charge in [-0.15, -0.1) is 0 Å². The molecule has 0 aliphatic rings. The number of esters is 2. The van der Waals surface area contributed by atoms with E-state index in [0.29, 0.717) is 19.4 Å². The summed E-state index contributed by atoms with van der Waals surface area (Å²) in [7, 11) is 0. The normalized spacial score (nSPS) is 12.9. The molecule has 74 heavy (non-hydrogen) atoms. The summed E-state index contributed by atoms with van der Waals surface area (Å²) in [5.41, 5.74) is 0. The second-order valence-corrected chi connectivity index (χ2v) is 21.0. The molecule has 0 amide bonds. The highest BCUT2D eigenvalue weighted by Crippen LogP contribution is 2.15. The van der Waals surface area contributed by atoms with Crippen LogP contribution in [0.2, 0.25) is 0 Å². The first-order valence-electron chi connectivity index (χ1n) is 31.8. The van der Waals surface area contributed by atoms with Gasteiger partial charge in [0.15, 0.2) is 6.10 Å². The largest absolute Gasteiger partial charge is 0.462 e. The Morgan fingerprint density at radius 1 is 0.297 bits per heavy atom. The molecule has 0 heterocycles. The minimum absolute atomic E-state index is 0.0691. The Balaban J connectivity index is 4.35. The molecular formula is C69H120O5. The van der Waals surface area contributed by atoms with Gasteiger partial charge in [-0.05, 0) is 128 Å². The lowest BCUT2D eigenvalue weighted by molar-refractivity contribution is -0.163. The van der Waals surface area contributed by atoms with Gasteiger partial charge in [0.2, 0.25) is 0 Å². The van der Waals surface area contributed by atoms with Gasteiger partial charge in [0.1, 0.15) is 6.61 Å². The first-order chi connectivity index (χ1) is 36.6. The van der Waals surface area contributed by atoms with Crippen molar-refractivity contribution in [2.24, 2.45) is 0 Å². The highest BCUT2D eigenvalue weighted by molar-refractivity contribution is 5.70.